The van der Waals surface area contributed by atoms with Crippen molar-refractivity contribution in [3.8, 4) is 0 Å². The van der Waals surface area contributed by atoms with Crippen LogP contribution in [0.3, 0.4) is 0 Å². The van der Waals surface area contributed by atoms with E-state index < -0.39 is 11.9 Å². The first-order chi connectivity index (χ1) is 8.47. The lowest BCUT2D eigenvalue weighted by Gasteiger charge is -2.20. The lowest BCUT2D eigenvalue weighted by Crippen LogP contribution is -2.40. The molecule has 3 atom stereocenters. The van der Waals surface area contributed by atoms with Crippen molar-refractivity contribution in [2.45, 2.75) is 39.7 Å². The molecule has 18 heavy (non-hydrogen) atoms. The standard InChI is InChI=1S/C13H23NO4/c1-4-11-9(5-6-18-11)12(15)14-7-10(8(2)3)13(16)17/h8-11H,4-7H2,1-3H3,(H,14,15)(H,16,17). The third-order valence-electron chi connectivity index (χ3n) is 3.57. The van der Waals surface area contributed by atoms with Gasteiger partial charge in [0.05, 0.1) is 17.9 Å². The van der Waals surface area contributed by atoms with Gasteiger partial charge in [-0.3, -0.25) is 9.59 Å². The minimum atomic E-state index is -0.861. The summed E-state index contributed by atoms with van der Waals surface area (Å²) in [4.78, 5) is 23.0. The van der Waals surface area contributed by atoms with Crippen molar-refractivity contribution in [2.75, 3.05) is 13.2 Å². The van der Waals surface area contributed by atoms with Gasteiger partial charge in [-0.1, -0.05) is 20.8 Å². The van der Waals surface area contributed by atoms with Crippen LogP contribution < -0.4 is 5.32 Å². The molecule has 5 heteroatoms. The fraction of sp³-hybridized carbons (Fsp3) is 0.846. The zero-order valence-electron chi connectivity index (χ0n) is 11.3. The van der Waals surface area contributed by atoms with E-state index in [0.717, 1.165) is 12.8 Å². The Labute approximate surface area is 108 Å². The van der Waals surface area contributed by atoms with Crippen LogP contribution in [0.4, 0.5) is 0 Å². The Hall–Kier alpha value is -1.10. The predicted molar refractivity (Wildman–Crippen MR) is 67.1 cm³/mol. The van der Waals surface area contributed by atoms with Gasteiger partial charge in [0.2, 0.25) is 5.91 Å². The monoisotopic (exact) mass is 257 g/mol. The maximum absolute atomic E-state index is 12.0. The molecule has 0 radical (unpaired) electrons. The van der Waals surface area contributed by atoms with Crippen molar-refractivity contribution >= 4 is 11.9 Å². The topological polar surface area (TPSA) is 75.6 Å². The number of hydrogen-bond acceptors (Lipinski definition) is 3. The third kappa shape index (κ3) is 3.70. The van der Waals surface area contributed by atoms with Crippen LogP contribution in [0.1, 0.15) is 33.6 Å². The highest BCUT2D eigenvalue weighted by Gasteiger charge is 2.33. The molecule has 0 spiro atoms. The largest absolute Gasteiger partial charge is 0.481 e. The molecular weight excluding hydrogens is 234 g/mol. The Kier molecular flexibility index (Phi) is 5.59. The van der Waals surface area contributed by atoms with E-state index in [2.05, 4.69) is 5.32 Å². The third-order valence-corrected chi connectivity index (χ3v) is 3.57. The molecule has 0 saturated carbocycles. The van der Waals surface area contributed by atoms with Gasteiger partial charge in [0.1, 0.15) is 0 Å². The first-order valence-electron chi connectivity index (χ1n) is 6.59. The van der Waals surface area contributed by atoms with Crippen LogP contribution in [0.25, 0.3) is 0 Å². The second kappa shape index (κ2) is 6.73. The maximum atomic E-state index is 12.0. The van der Waals surface area contributed by atoms with Gasteiger partial charge in [-0.2, -0.15) is 0 Å². The number of amides is 1. The number of carboxylic acids is 1. The van der Waals surface area contributed by atoms with Crippen molar-refractivity contribution in [1.29, 1.82) is 0 Å². The van der Waals surface area contributed by atoms with Crippen LogP contribution in [0, 0.1) is 17.8 Å². The minimum Gasteiger partial charge on any atom is -0.481 e. The molecular formula is C13H23NO4. The minimum absolute atomic E-state index is 0.00426. The summed E-state index contributed by atoms with van der Waals surface area (Å²) < 4.78 is 5.46. The highest BCUT2D eigenvalue weighted by atomic mass is 16.5. The summed E-state index contributed by atoms with van der Waals surface area (Å²) in [6.45, 7) is 6.49. The lowest BCUT2D eigenvalue weighted by atomic mass is 9.94. The Morgan fingerprint density at radius 3 is 2.61 bits per heavy atom. The zero-order valence-corrected chi connectivity index (χ0v) is 11.3. The average Bonchev–Trinajstić information content (AvgIpc) is 2.75. The Morgan fingerprint density at radius 1 is 1.44 bits per heavy atom. The summed E-state index contributed by atoms with van der Waals surface area (Å²) in [6.07, 6.45) is 1.52. The molecule has 0 bridgehead atoms. The Bertz CT molecular complexity index is 303. The highest BCUT2D eigenvalue weighted by Crippen LogP contribution is 2.23. The second-order valence-electron chi connectivity index (χ2n) is 5.15. The number of hydrogen-bond donors (Lipinski definition) is 2. The molecule has 1 fully saturated rings. The van der Waals surface area contributed by atoms with Crippen LogP contribution in [-0.2, 0) is 14.3 Å². The summed E-state index contributed by atoms with van der Waals surface area (Å²) in [6, 6.07) is 0. The Morgan fingerprint density at radius 2 is 2.11 bits per heavy atom. The number of nitrogens with one attached hydrogen (secondary N) is 1. The first kappa shape index (κ1) is 15.0. The van der Waals surface area contributed by atoms with Crippen LogP contribution in [0.15, 0.2) is 0 Å². The van der Waals surface area contributed by atoms with E-state index in [1.54, 1.807) is 0 Å². The summed E-state index contributed by atoms with van der Waals surface area (Å²) >= 11 is 0. The van der Waals surface area contributed by atoms with E-state index in [1.807, 2.05) is 20.8 Å². The van der Waals surface area contributed by atoms with Gasteiger partial charge in [-0.25, -0.2) is 0 Å². The Balaban J connectivity index is 2.47. The second-order valence-corrected chi connectivity index (χ2v) is 5.15. The van der Waals surface area contributed by atoms with Crippen molar-refractivity contribution in [1.82, 2.24) is 5.32 Å². The predicted octanol–water partition coefficient (Wildman–Crippen LogP) is 1.27. The van der Waals surface area contributed by atoms with E-state index in [4.69, 9.17) is 9.84 Å². The highest BCUT2D eigenvalue weighted by molar-refractivity contribution is 5.80. The molecule has 3 unspecified atom stereocenters. The summed E-state index contributed by atoms with van der Waals surface area (Å²) in [7, 11) is 0. The number of carboxylic acid groups (broad SMARTS) is 1. The van der Waals surface area contributed by atoms with Gasteiger partial charge in [0.15, 0.2) is 0 Å². The molecule has 1 rings (SSSR count). The van der Waals surface area contributed by atoms with Gasteiger partial charge >= 0.3 is 5.97 Å². The van der Waals surface area contributed by atoms with Crippen molar-refractivity contribution in [2.24, 2.45) is 17.8 Å². The van der Waals surface area contributed by atoms with E-state index in [1.165, 1.54) is 0 Å². The molecule has 1 amide bonds. The van der Waals surface area contributed by atoms with Crippen LogP contribution in [-0.4, -0.2) is 36.2 Å². The molecule has 2 N–H and O–H groups in total. The van der Waals surface area contributed by atoms with Gasteiger partial charge in [-0.15, -0.1) is 0 Å². The van der Waals surface area contributed by atoms with E-state index in [0.29, 0.717) is 6.61 Å². The van der Waals surface area contributed by atoms with Gasteiger partial charge in [0, 0.05) is 13.2 Å². The maximum Gasteiger partial charge on any atom is 0.308 e. The normalized spacial score (nSPS) is 25.1. The van der Waals surface area contributed by atoms with Crippen molar-refractivity contribution in [3.05, 3.63) is 0 Å². The fourth-order valence-electron chi connectivity index (χ4n) is 2.30. The quantitative estimate of drug-likeness (QED) is 0.751. The lowest BCUT2D eigenvalue weighted by molar-refractivity contribution is -0.143. The van der Waals surface area contributed by atoms with Crippen molar-refractivity contribution in [3.63, 3.8) is 0 Å². The SMILES string of the molecule is CCC1OCCC1C(=O)NCC(C(=O)O)C(C)C. The smallest absolute Gasteiger partial charge is 0.308 e. The van der Waals surface area contributed by atoms with E-state index in [-0.39, 0.29) is 30.4 Å². The van der Waals surface area contributed by atoms with E-state index >= 15 is 0 Å². The molecule has 1 aliphatic heterocycles. The van der Waals surface area contributed by atoms with Crippen LogP contribution in [0.5, 0.6) is 0 Å². The number of carbonyl (C=O) groups excluding carboxylic acids is 1. The summed E-state index contributed by atoms with van der Waals surface area (Å²) in [5, 5.41) is 11.8. The molecule has 0 aromatic carbocycles. The molecule has 5 nitrogen and oxygen atoms in total. The van der Waals surface area contributed by atoms with Crippen LogP contribution >= 0.6 is 0 Å². The molecule has 0 aromatic heterocycles. The number of ether oxygens (including phenoxy) is 1. The number of aliphatic carboxylic acids is 1. The molecule has 104 valence electrons. The van der Waals surface area contributed by atoms with Crippen LogP contribution in [0.2, 0.25) is 0 Å². The first-order valence-corrected chi connectivity index (χ1v) is 6.59. The van der Waals surface area contributed by atoms with Gasteiger partial charge in [0.25, 0.3) is 0 Å². The molecule has 1 saturated heterocycles. The molecule has 0 aliphatic carbocycles. The van der Waals surface area contributed by atoms with Gasteiger partial charge < -0.3 is 15.2 Å². The van der Waals surface area contributed by atoms with E-state index in [9.17, 15) is 9.59 Å². The van der Waals surface area contributed by atoms with Crippen molar-refractivity contribution < 1.29 is 19.4 Å². The number of carbonyl (C=O) groups is 2. The fourth-order valence-corrected chi connectivity index (χ4v) is 2.30. The molecule has 1 heterocycles. The zero-order chi connectivity index (χ0) is 13.7. The summed E-state index contributed by atoms with van der Waals surface area (Å²) in [5.74, 6) is -1.59. The van der Waals surface area contributed by atoms with Gasteiger partial charge in [-0.05, 0) is 18.8 Å². The molecule has 1 aliphatic rings. The summed E-state index contributed by atoms with van der Waals surface area (Å²) in [5.41, 5.74) is 0. The number of rotatable bonds is 6. The average molecular weight is 257 g/mol. The molecule has 0 aromatic rings.